The third-order valence-corrected chi connectivity index (χ3v) is 5.27. The molecule has 1 amide bonds. The molecule has 4 aromatic rings. The van der Waals surface area contributed by atoms with Crippen LogP contribution in [0.25, 0.3) is 27.8 Å². The minimum atomic E-state index is -1.31. The quantitative estimate of drug-likeness (QED) is 0.319. The predicted octanol–water partition coefficient (Wildman–Crippen LogP) is 5.06. The number of nitro benzene ring substituents is 1. The molecule has 11 heteroatoms. The molecule has 32 heavy (non-hydrogen) atoms. The highest BCUT2D eigenvalue weighted by Gasteiger charge is 2.25. The number of methoxy groups -OCH3 is 1. The first-order valence-corrected chi connectivity index (χ1v) is 9.64. The number of carbonyl (C=O) groups is 1. The van der Waals surface area contributed by atoms with Crippen LogP contribution < -0.4 is 10.1 Å². The highest BCUT2D eigenvalue weighted by atomic mass is 35.5. The van der Waals surface area contributed by atoms with Crippen molar-refractivity contribution < 1.29 is 19.6 Å². The Balaban J connectivity index is 2.10. The van der Waals surface area contributed by atoms with E-state index in [-0.39, 0.29) is 22.3 Å². The lowest BCUT2D eigenvalue weighted by Gasteiger charge is -2.09. The summed E-state index contributed by atoms with van der Waals surface area (Å²) in [5.74, 6) is 0.641. The zero-order valence-corrected chi connectivity index (χ0v) is 17.6. The zero-order chi connectivity index (χ0) is 23.0. The predicted molar refractivity (Wildman–Crippen MR) is 119 cm³/mol. The van der Waals surface area contributed by atoms with Gasteiger partial charge in [-0.25, -0.2) is 14.8 Å². The Morgan fingerprint density at radius 2 is 2.03 bits per heavy atom. The van der Waals surface area contributed by atoms with Gasteiger partial charge in [-0.15, -0.1) is 0 Å². The maximum absolute atomic E-state index is 11.4. The number of aromatic nitrogens is 3. The Morgan fingerprint density at radius 3 is 2.72 bits per heavy atom. The number of rotatable bonds is 5. The Labute approximate surface area is 186 Å². The van der Waals surface area contributed by atoms with E-state index < -0.39 is 11.0 Å². The molecule has 2 aromatic carbocycles. The first-order valence-electron chi connectivity index (χ1n) is 9.26. The van der Waals surface area contributed by atoms with E-state index in [2.05, 4.69) is 15.3 Å². The second-order valence-corrected chi connectivity index (χ2v) is 7.17. The summed E-state index contributed by atoms with van der Waals surface area (Å²) in [6, 6.07) is 11.3. The van der Waals surface area contributed by atoms with E-state index in [9.17, 15) is 20.0 Å². The number of amides is 1. The van der Waals surface area contributed by atoms with Gasteiger partial charge in [-0.1, -0.05) is 29.8 Å². The van der Waals surface area contributed by atoms with Gasteiger partial charge in [0, 0.05) is 17.7 Å². The van der Waals surface area contributed by atoms with Crippen molar-refractivity contribution in [2.75, 3.05) is 12.4 Å². The molecule has 0 aliphatic carbocycles. The number of ether oxygens (including phenoxy) is 1. The second kappa shape index (κ2) is 8.16. The Kier molecular flexibility index (Phi) is 5.37. The number of fused-ring (bicyclic) bond motifs is 1. The summed E-state index contributed by atoms with van der Waals surface area (Å²) in [7, 11) is 1.54. The number of carboxylic acid groups (broad SMARTS) is 1. The van der Waals surface area contributed by atoms with Crippen LogP contribution in [0.2, 0.25) is 5.15 Å². The zero-order valence-electron chi connectivity index (χ0n) is 16.9. The molecular formula is C21H16ClN5O5. The van der Waals surface area contributed by atoms with Gasteiger partial charge in [-0.05, 0) is 30.2 Å². The maximum atomic E-state index is 11.4. The number of nitrogens with one attached hydrogen (secondary N) is 1. The van der Waals surface area contributed by atoms with Crippen LogP contribution >= 0.6 is 11.6 Å². The third-order valence-electron chi connectivity index (χ3n) is 4.91. The number of aryl methyl sites for hydroxylation is 1. The fraction of sp³-hybridized carbons (Fsp3) is 0.0952. The van der Waals surface area contributed by atoms with Crippen LogP contribution in [-0.4, -0.2) is 37.8 Å². The highest BCUT2D eigenvalue weighted by Crippen LogP contribution is 2.43. The summed E-state index contributed by atoms with van der Waals surface area (Å²) < 4.78 is 6.94. The van der Waals surface area contributed by atoms with Crippen molar-refractivity contribution in [1.82, 2.24) is 14.5 Å². The fourth-order valence-electron chi connectivity index (χ4n) is 3.50. The molecule has 0 unspecified atom stereocenters. The van der Waals surface area contributed by atoms with E-state index in [1.807, 2.05) is 19.1 Å². The number of hydrogen-bond donors (Lipinski definition) is 2. The number of anilines is 1. The molecule has 0 bridgehead atoms. The number of non-ortho nitro benzene ring substituents is 1. The average Bonchev–Trinajstić information content (AvgIpc) is 3.06. The van der Waals surface area contributed by atoms with Crippen LogP contribution in [0.5, 0.6) is 5.75 Å². The summed E-state index contributed by atoms with van der Waals surface area (Å²) in [5, 5.41) is 23.4. The van der Waals surface area contributed by atoms with Gasteiger partial charge in [0.1, 0.15) is 23.0 Å². The Hall–Kier alpha value is -4.18. The van der Waals surface area contributed by atoms with Crippen molar-refractivity contribution >= 4 is 40.2 Å². The van der Waals surface area contributed by atoms with Gasteiger partial charge >= 0.3 is 6.09 Å². The van der Waals surface area contributed by atoms with Crippen molar-refractivity contribution in [3.63, 3.8) is 0 Å². The maximum Gasteiger partial charge on any atom is 0.410 e. The first-order chi connectivity index (χ1) is 15.3. The summed E-state index contributed by atoms with van der Waals surface area (Å²) in [6.45, 7) is 1.89. The molecule has 2 N–H and O–H groups in total. The van der Waals surface area contributed by atoms with Crippen LogP contribution in [0.15, 0.2) is 48.8 Å². The van der Waals surface area contributed by atoms with Gasteiger partial charge < -0.3 is 9.84 Å². The number of hydrogen-bond acceptors (Lipinski definition) is 6. The lowest BCUT2D eigenvalue weighted by Crippen LogP contribution is -2.09. The summed E-state index contributed by atoms with van der Waals surface area (Å²) >= 11 is 6.81. The molecule has 0 aliphatic rings. The largest absolute Gasteiger partial charge is 0.496 e. The van der Waals surface area contributed by atoms with E-state index >= 15 is 0 Å². The molecule has 0 saturated heterocycles. The van der Waals surface area contributed by atoms with Crippen LogP contribution in [-0.2, 0) is 0 Å². The number of benzene rings is 2. The topological polar surface area (TPSA) is 132 Å². The van der Waals surface area contributed by atoms with Crippen molar-refractivity contribution in [3.05, 3.63) is 69.6 Å². The highest BCUT2D eigenvalue weighted by molar-refractivity contribution is 6.35. The Morgan fingerprint density at radius 1 is 1.25 bits per heavy atom. The van der Waals surface area contributed by atoms with E-state index in [0.717, 1.165) is 5.56 Å². The van der Waals surface area contributed by atoms with Gasteiger partial charge in [0.2, 0.25) is 0 Å². The second-order valence-electron chi connectivity index (χ2n) is 6.81. The van der Waals surface area contributed by atoms with E-state index in [1.54, 1.807) is 19.2 Å². The smallest absolute Gasteiger partial charge is 0.410 e. The van der Waals surface area contributed by atoms with Gasteiger partial charge in [-0.3, -0.25) is 20.0 Å². The molecule has 4 rings (SSSR count). The van der Waals surface area contributed by atoms with Gasteiger partial charge in [-0.2, -0.15) is 0 Å². The molecule has 162 valence electrons. The number of nitro groups is 1. The average molecular weight is 454 g/mol. The van der Waals surface area contributed by atoms with Crippen LogP contribution in [0, 0.1) is 17.0 Å². The number of nitrogens with zero attached hydrogens (tertiary/aromatic N) is 4. The molecule has 0 spiro atoms. The van der Waals surface area contributed by atoms with E-state index in [0.29, 0.717) is 28.0 Å². The minimum Gasteiger partial charge on any atom is -0.496 e. The van der Waals surface area contributed by atoms with Crippen molar-refractivity contribution in [2.45, 2.75) is 6.92 Å². The van der Waals surface area contributed by atoms with Gasteiger partial charge in [0.25, 0.3) is 5.69 Å². The molecular weight excluding hydrogens is 438 g/mol. The molecule has 0 atom stereocenters. The minimum absolute atomic E-state index is 0.0307. The van der Waals surface area contributed by atoms with Crippen molar-refractivity contribution in [2.24, 2.45) is 0 Å². The van der Waals surface area contributed by atoms with E-state index in [1.165, 1.54) is 29.1 Å². The molecule has 2 heterocycles. The third kappa shape index (κ3) is 3.56. The SMILES string of the molecule is COc1cc(-c2c(Cl)n(-c3cccc([N+](=O)[O-])c3)c3ncnc(NC(=O)O)c23)ccc1C. The number of halogens is 1. The fourth-order valence-corrected chi connectivity index (χ4v) is 3.88. The molecule has 2 aromatic heterocycles. The monoisotopic (exact) mass is 453 g/mol. The Bertz CT molecular complexity index is 1380. The molecule has 10 nitrogen and oxygen atoms in total. The van der Waals surface area contributed by atoms with Crippen LogP contribution in [0.4, 0.5) is 16.3 Å². The molecule has 0 radical (unpaired) electrons. The first kappa shape index (κ1) is 21.1. The van der Waals surface area contributed by atoms with Crippen LogP contribution in [0.3, 0.4) is 0 Å². The van der Waals surface area contributed by atoms with Crippen molar-refractivity contribution in [1.29, 1.82) is 0 Å². The molecule has 0 fully saturated rings. The molecule has 0 aliphatic heterocycles. The lowest BCUT2D eigenvalue weighted by atomic mass is 10.0. The van der Waals surface area contributed by atoms with Crippen molar-refractivity contribution in [3.8, 4) is 22.6 Å². The summed E-state index contributed by atoms with van der Waals surface area (Å²) in [5.41, 5.74) is 2.53. The van der Waals surface area contributed by atoms with Gasteiger partial charge in [0.15, 0.2) is 5.65 Å². The normalized spacial score (nSPS) is 10.8. The van der Waals surface area contributed by atoms with Gasteiger partial charge in [0.05, 0.1) is 23.1 Å². The lowest BCUT2D eigenvalue weighted by molar-refractivity contribution is -0.384. The standard InChI is InChI=1S/C21H16ClN5O5/c1-11-6-7-12(8-15(11)32-2)16-17-19(25-21(28)29)23-10-24-20(17)26(18(16)22)13-4-3-5-14(9-13)27(30)31/h3-10H,1-2H3,(H,28,29)(H,23,24,25). The molecule has 0 saturated carbocycles. The summed E-state index contributed by atoms with van der Waals surface area (Å²) in [6.07, 6.45) is -0.117. The van der Waals surface area contributed by atoms with E-state index in [4.69, 9.17) is 16.3 Å². The summed E-state index contributed by atoms with van der Waals surface area (Å²) in [4.78, 5) is 30.5. The van der Waals surface area contributed by atoms with Crippen LogP contribution in [0.1, 0.15) is 5.56 Å².